The first-order valence-electron chi connectivity index (χ1n) is 3.31. The molecule has 0 radical (unpaired) electrons. The van der Waals surface area contributed by atoms with Crippen molar-refractivity contribution in [3.63, 3.8) is 0 Å². The monoisotopic (exact) mass is 141 g/mol. The average molecular weight is 141 g/mol. The van der Waals surface area contributed by atoms with Gasteiger partial charge in [-0.25, -0.2) is 0 Å². The Morgan fingerprint density at radius 2 is 2.56 bits per heavy atom. The summed E-state index contributed by atoms with van der Waals surface area (Å²) in [6.45, 7) is 2.07. The highest BCUT2D eigenvalue weighted by Gasteiger charge is 2.08. The molecule has 0 aromatic carbocycles. The van der Waals surface area contributed by atoms with Crippen molar-refractivity contribution in [1.82, 2.24) is 0 Å². The van der Waals surface area contributed by atoms with Crippen LogP contribution in [-0.2, 0) is 0 Å². The van der Waals surface area contributed by atoms with Crippen molar-refractivity contribution in [1.29, 1.82) is 0 Å². The van der Waals surface area contributed by atoms with Crippen molar-refractivity contribution in [2.24, 2.45) is 4.99 Å². The highest BCUT2D eigenvalue weighted by Crippen LogP contribution is 2.11. The van der Waals surface area contributed by atoms with Crippen LogP contribution in [0.1, 0.15) is 26.2 Å². The Bertz CT molecular complexity index is 140. The van der Waals surface area contributed by atoms with Crippen molar-refractivity contribution >= 4 is 23.3 Å². The minimum atomic E-state index is 0.341. The maximum atomic E-state index is 4.79. The van der Waals surface area contributed by atoms with E-state index in [9.17, 15) is 0 Å². The van der Waals surface area contributed by atoms with E-state index in [0.29, 0.717) is 6.04 Å². The second-order valence-electron chi connectivity index (χ2n) is 2.46. The second kappa shape index (κ2) is 3.06. The summed E-state index contributed by atoms with van der Waals surface area (Å²) in [5.41, 5.74) is 1.26. The second-order valence-corrected chi connectivity index (χ2v) is 2.73. The van der Waals surface area contributed by atoms with Gasteiger partial charge in [0.25, 0.3) is 0 Å². The summed E-state index contributed by atoms with van der Waals surface area (Å²) >= 11 is 4.79. The smallest absolute Gasteiger partial charge is 0.0780 e. The van der Waals surface area contributed by atoms with Gasteiger partial charge >= 0.3 is 0 Å². The Morgan fingerprint density at radius 3 is 3.00 bits per heavy atom. The maximum Gasteiger partial charge on any atom is 0.0780 e. The van der Waals surface area contributed by atoms with Gasteiger partial charge in [-0.3, -0.25) is 4.99 Å². The molecule has 1 rings (SSSR count). The summed E-state index contributed by atoms with van der Waals surface area (Å²) in [6.07, 6.45) is 3.58. The van der Waals surface area contributed by atoms with Gasteiger partial charge in [0, 0.05) is 11.1 Å². The average Bonchev–Trinajstić information content (AvgIpc) is 1.88. The molecular weight excluding hydrogens is 130 g/mol. The Labute approximate surface area is 61.2 Å². The van der Waals surface area contributed by atoms with Crippen LogP contribution in [0, 0.1) is 0 Å². The normalized spacial score (nSPS) is 27.2. The van der Waals surface area contributed by atoms with Gasteiger partial charge in [0.15, 0.2) is 0 Å². The van der Waals surface area contributed by atoms with Crippen molar-refractivity contribution in [3.05, 3.63) is 0 Å². The van der Waals surface area contributed by atoms with Crippen LogP contribution in [0.4, 0.5) is 0 Å². The van der Waals surface area contributed by atoms with E-state index >= 15 is 0 Å². The molecule has 0 saturated carbocycles. The van der Waals surface area contributed by atoms with Crippen LogP contribution in [0.5, 0.6) is 0 Å². The fraction of sp³-hybridized carbons (Fsp3) is 0.714. The van der Waals surface area contributed by atoms with E-state index in [1.807, 2.05) is 0 Å². The molecule has 0 saturated heterocycles. The standard InChI is InChI=1S/C7H11NS/c1-6-3-2-4-7(5-9)8-6/h5,7H,2-4H2,1H3. The Hall–Kier alpha value is -0.240. The van der Waals surface area contributed by atoms with Crippen LogP contribution in [0.2, 0.25) is 0 Å². The van der Waals surface area contributed by atoms with Crippen LogP contribution in [0.15, 0.2) is 4.99 Å². The Balaban J connectivity index is 2.56. The SMILES string of the molecule is CC1=NC(C=S)CCC1. The largest absolute Gasteiger partial charge is 0.286 e. The van der Waals surface area contributed by atoms with Gasteiger partial charge in [0.1, 0.15) is 0 Å². The van der Waals surface area contributed by atoms with Crippen LogP contribution in [0.3, 0.4) is 0 Å². The molecule has 0 aromatic heterocycles. The zero-order chi connectivity index (χ0) is 6.69. The first-order chi connectivity index (χ1) is 4.33. The maximum absolute atomic E-state index is 4.79. The molecule has 0 spiro atoms. The lowest BCUT2D eigenvalue weighted by Crippen LogP contribution is -2.13. The molecule has 0 fully saturated rings. The summed E-state index contributed by atoms with van der Waals surface area (Å²) in [4.78, 5) is 4.36. The summed E-state index contributed by atoms with van der Waals surface area (Å²) in [7, 11) is 0. The molecule has 0 aliphatic carbocycles. The lowest BCUT2D eigenvalue weighted by atomic mass is 10.1. The third kappa shape index (κ3) is 1.86. The van der Waals surface area contributed by atoms with E-state index in [2.05, 4.69) is 11.9 Å². The van der Waals surface area contributed by atoms with E-state index in [1.165, 1.54) is 18.6 Å². The number of rotatable bonds is 1. The van der Waals surface area contributed by atoms with Gasteiger partial charge in [-0.15, -0.1) is 0 Å². The van der Waals surface area contributed by atoms with Crippen LogP contribution in [-0.4, -0.2) is 17.1 Å². The molecule has 50 valence electrons. The van der Waals surface area contributed by atoms with Gasteiger partial charge in [0.2, 0.25) is 0 Å². The lowest BCUT2D eigenvalue weighted by molar-refractivity contribution is 0.685. The number of hydrogen-bond donors (Lipinski definition) is 0. The third-order valence-corrected chi connectivity index (χ3v) is 1.90. The molecule has 1 atom stereocenters. The Kier molecular flexibility index (Phi) is 2.34. The van der Waals surface area contributed by atoms with E-state index < -0.39 is 0 Å². The van der Waals surface area contributed by atoms with E-state index in [4.69, 9.17) is 12.2 Å². The first-order valence-corrected chi connectivity index (χ1v) is 3.78. The summed E-state index contributed by atoms with van der Waals surface area (Å²) in [5, 5.41) is 1.77. The van der Waals surface area contributed by atoms with Gasteiger partial charge in [-0.05, 0) is 26.2 Å². The molecule has 0 N–H and O–H groups in total. The number of thiocarbonyl (C=S) groups is 1. The first kappa shape index (κ1) is 6.87. The predicted octanol–water partition coefficient (Wildman–Crippen LogP) is 2.00. The zero-order valence-corrected chi connectivity index (χ0v) is 6.45. The van der Waals surface area contributed by atoms with Gasteiger partial charge < -0.3 is 0 Å². The van der Waals surface area contributed by atoms with Gasteiger partial charge in [-0.2, -0.15) is 0 Å². The molecule has 1 aliphatic heterocycles. The van der Waals surface area contributed by atoms with Gasteiger partial charge in [0.05, 0.1) is 6.04 Å². The van der Waals surface area contributed by atoms with E-state index in [1.54, 1.807) is 5.37 Å². The van der Waals surface area contributed by atoms with Crippen LogP contribution in [0.25, 0.3) is 0 Å². The summed E-state index contributed by atoms with van der Waals surface area (Å²) in [5.74, 6) is 0. The fourth-order valence-electron chi connectivity index (χ4n) is 1.08. The highest BCUT2D eigenvalue weighted by molar-refractivity contribution is 7.79. The molecule has 1 heterocycles. The molecular formula is C7H11NS. The molecule has 2 heteroatoms. The lowest BCUT2D eigenvalue weighted by Gasteiger charge is -2.13. The summed E-state index contributed by atoms with van der Waals surface area (Å²) < 4.78 is 0. The van der Waals surface area contributed by atoms with Crippen molar-refractivity contribution < 1.29 is 0 Å². The Morgan fingerprint density at radius 1 is 1.78 bits per heavy atom. The topological polar surface area (TPSA) is 12.4 Å². The van der Waals surface area contributed by atoms with Crippen molar-refractivity contribution in [2.75, 3.05) is 0 Å². The molecule has 0 aromatic rings. The molecule has 1 unspecified atom stereocenters. The molecule has 1 nitrogen and oxygen atoms in total. The predicted molar refractivity (Wildman–Crippen MR) is 44.4 cm³/mol. The van der Waals surface area contributed by atoms with E-state index in [-0.39, 0.29) is 0 Å². The summed E-state index contributed by atoms with van der Waals surface area (Å²) in [6, 6.07) is 0.341. The van der Waals surface area contributed by atoms with Crippen LogP contribution >= 0.6 is 12.2 Å². The van der Waals surface area contributed by atoms with Gasteiger partial charge in [-0.1, -0.05) is 12.2 Å². The van der Waals surface area contributed by atoms with Crippen molar-refractivity contribution in [3.8, 4) is 0 Å². The minimum absolute atomic E-state index is 0.341. The molecule has 0 amide bonds. The quantitative estimate of drug-likeness (QED) is 0.509. The fourth-order valence-corrected chi connectivity index (χ4v) is 1.27. The van der Waals surface area contributed by atoms with Crippen molar-refractivity contribution in [2.45, 2.75) is 32.2 Å². The van der Waals surface area contributed by atoms with E-state index in [0.717, 1.165) is 6.42 Å². The molecule has 1 aliphatic rings. The molecule has 0 bridgehead atoms. The zero-order valence-electron chi connectivity index (χ0n) is 5.63. The minimum Gasteiger partial charge on any atom is -0.286 e. The van der Waals surface area contributed by atoms with Crippen LogP contribution < -0.4 is 0 Å². The number of hydrogen-bond acceptors (Lipinski definition) is 2. The number of aliphatic imine (C=N–C) groups is 1. The molecule has 9 heavy (non-hydrogen) atoms. The third-order valence-electron chi connectivity index (χ3n) is 1.58. The number of nitrogens with zero attached hydrogens (tertiary/aromatic N) is 1. The highest BCUT2D eigenvalue weighted by atomic mass is 32.1.